The highest BCUT2D eigenvalue weighted by atomic mass is 35.5. The van der Waals surface area contributed by atoms with Gasteiger partial charge in [0.05, 0.1) is 15.8 Å². The number of aryl methyl sites for hydroxylation is 1. The van der Waals surface area contributed by atoms with Gasteiger partial charge in [0.2, 0.25) is 5.91 Å². The van der Waals surface area contributed by atoms with Gasteiger partial charge in [-0.3, -0.25) is 14.5 Å². The van der Waals surface area contributed by atoms with Crippen LogP contribution in [0, 0.1) is 12.7 Å². The van der Waals surface area contributed by atoms with Crippen LogP contribution < -0.4 is 10.2 Å². The zero-order valence-electron chi connectivity index (χ0n) is 16.4. The molecule has 3 aromatic rings. The smallest absolute Gasteiger partial charge is 0.255 e. The molecule has 2 amide bonds. The van der Waals surface area contributed by atoms with Gasteiger partial charge in [-0.1, -0.05) is 41.4 Å². The number of halogens is 3. The molecule has 1 heterocycles. The second kappa shape index (κ2) is 8.91. The number of benzene rings is 3. The first-order chi connectivity index (χ1) is 14.8. The van der Waals surface area contributed by atoms with Gasteiger partial charge in [0, 0.05) is 16.9 Å². The van der Waals surface area contributed by atoms with Crippen LogP contribution >= 0.6 is 35.0 Å². The lowest BCUT2D eigenvalue weighted by Crippen LogP contribution is -2.28. The molecule has 0 bridgehead atoms. The van der Waals surface area contributed by atoms with Crippen LogP contribution in [0.25, 0.3) is 0 Å². The lowest BCUT2D eigenvalue weighted by molar-refractivity contribution is -0.115. The Morgan fingerprint density at radius 2 is 1.90 bits per heavy atom. The zero-order chi connectivity index (χ0) is 22.1. The molecule has 0 saturated carbocycles. The molecule has 1 saturated heterocycles. The predicted octanol–water partition coefficient (Wildman–Crippen LogP) is 6.47. The van der Waals surface area contributed by atoms with Gasteiger partial charge in [0.1, 0.15) is 11.2 Å². The first kappa shape index (κ1) is 21.7. The molecule has 0 unspecified atom stereocenters. The molecule has 1 N–H and O–H groups in total. The Labute approximate surface area is 193 Å². The van der Waals surface area contributed by atoms with Gasteiger partial charge >= 0.3 is 0 Å². The molecule has 3 aromatic carbocycles. The number of hydrogen-bond acceptors (Lipinski definition) is 3. The Bertz CT molecular complexity index is 1190. The van der Waals surface area contributed by atoms with Crippen molar-refractivity contribution in [3.63, 3.8) is 0 Å². The largest absolute Gasteiger partial charge is 0.322 e. The topological polar surface area (TPSA) is 49.4 Å². The van der Waals surface area contributed by atoms with Crippen molar-refractivity contribution in [3.05, 3.63) is 93.2 Å². The average molecular weight is 475 g/mol. The van der Waals surface area contributed by atoms with Crippen molar-refractivity contribution in [1.29, 1.82) is 0 Å². The zero-order valence-corrected chi connectivity index (χ0v) is 18.7. The van der Waals surface area contributed by atoms with E-state index in [9.17, 15) is 14.0 Å². The molecule has 0 aromatic heterocycles. The molecule has 1 aliphatic heterocycles. The fourth-order valence-corrected chi connectivity index (χ4v) is 4.76. The molecule has 0 aliphatic carbocycles. The van der Waals surface area contributed by atoms with E-state index in [-0.39, 0.29) is 23.0 Å². The summed E-state index contributed by atoms with van der Waals surface area (Å²) in [6, 6.07) is 16.7. The summed E-state index contributed by atoms with van der Waals surface area (Å²) in [6.07, 6.45) is 0. The molecule has 31 heavy (non-hydrogen) atoms. The Kier molecular flexibility index (Phi) is 6.23. The molecule has 8 heteroatoms. The monoisotopic (exact) mass is 474 g/mol. The summed E-state index contributed by atoms with van der Waals surface area (Å²) in [7, 11) is 0. The number of amides is 2. The van der Waals surface area contributed by atoms with Gasteiger partial charge in [-0.05, 0) is 60.5 Å². The number of hydrogen-bond donors (Lipinski definition) is 1. The average Bonchev–Trinajstić information content (AvgIpc) is 3.13. The second-order valence-electron chi connectivity index (χ2n) is 7.07. The third-order valence-corrected chi connectivity index (χ3v) is 6.86. The summed E-state index contributed by atoms with van der Waals surface area (Å²) in [5, 5.41) is 3.18. The van der Waals surface area contributed by atoms with Crippen molar-refractivity contribution in [2.45, 2.75) is 12.3 Å². The maximum atomic E-state index is 14.1. The Morgan fingerprint density at radius 1 is 1.10 bits per heavy atom. The molecule has 4 nitrogen and oxygen atoms in total. The third-order valence-electron chi connectivity index (χ3n) is 4.91. The van der Waals surface area contributed by atoms with Gasteiger partial charge in [-0.2, -0.15) is 0 Å². The van der Waals surface area contributed by atoms with Crippen LogP contribution in [0.3, 0.4) is 0 Å². The van der Waals surface area contributed by atoms with Gasteiger partial charge in [-0.15, -0.1) is 11.8 Å². The first-order valence-electron chi connectivity index (χ1n) is 9.39. The van der Waals surface area contributed by atoms with Crippen molar-refractivity contribution in [3.8, 4) is 0 Å². The van der Waals surface area contributed by atoms with Crippen LogP contribution in [-0.2, 0) is 4.79 Å². The number of thioether (sulfide) groups is 1. The van der Waals surface area contributed by atoms with E-state index in [0.29, 0.717) is 38.3 Å². The van der Waals surface area contributed by atoms with E-state index in [2.05, 4.69) is 5.32 Å². The van der Waals surface area contributed by atoms with E-state index < -0.39 is 0 Å². The molecule has 0 radical (unpaired) electrons. The van der Waals surface area contributed by atoms with E-state index in [1.54, 1.807) is 48.2 Å². The molecule has 1 aliphatic rings. The Hall–Kier alpha value is -2.54. The van der Waals surface area contributed by atoms with E-state index in [1.807, 2.05) is 12.1 Å². The molecule has 158 valence electrons. The van der Waals surface area contributed by atoms with E-state index in [1.165, 1.54) is 23.9 Å². The minimum atomic E-state index is -0.358. The summed E-state index contributed by atoms with van der Waals surface area (Å²) >= 11 is 13.4. The minimum Gasteiger partial charge on any atom is -0.322 e. The fraction of sp³-hybridized carbons (Fsp3) is 0.130. The number of nitrogens with zero attached hydrogens (tertiary/aromatic N) is 1. The van der Waals surface area contributed by atoms with E-state index >= 15 is 0 Å². The third kappa shape index (κ3) is 4.56. The fourth-order valence-electron chi connectivity index (χ4n) is 3.29. The quantitative estimate of drug-likeness (QED) is 0.471. The van der Waals surface area contributed by atoms with Crippen LogP contribution in [0.4, 0.5) is 15.8 Å². The summed E-state index contributed by atoms with van der Waals surface area (Å²) in [4.78, 5) is 26.7. The van der Waals surface area contributed by atoms with Crippen LogP contribution in [0.2, 0.25) is 10.0 Å². The van der Waals surface area contributed by atoms with Crippen LogP contribution in [0.1, 0.15) is 26.9 Å². The Balaban J connectivity index is 1.59. The standard InChI is InChI=1S/C23H17Cl2FN2O2S/c1-13-5-7-17(11-20(13)26)28-21(29)12-31-23(28)15-3-2-4-16(9-15)27-22(30)14-6-8-18(24)19(25)10-14/h2-11,23H,12H2,1H3,(H,27,30)/t23-/m0/s1. The number of rotatable bonds is 4. The minimum absolute atomic E-state index is 0.0940. The van der Waals surface area contributed by atoms with Crippen molar-refractivity contribution >= 4 is 58.2 Å². The molecular formula is C23H17Cl2FN2O2S. The maximum Gasteiger partial charge on any atom is 0.255 e. The maximum absolute atomic E-state index is 14.1. The van der Waals surface area contributed by atoms with Crippen LogP contribution in [0.15, 0.2) is 60.7 Å². The lowest BCUT2D eigenvalue weighted by atomic mass is 10.1. The predicted molar refractivity (Wildman–Crippen MR) is 125 cm³/mol. The summed E-state index contributed by atoms with van der Waals surface area (Å²) < 4.78 is 14.1. The molecule has 4 rings (SSSR count). The normalized spacial score (nSPS) is 15.9. The Morgan fingerprint density at radius 3 is 2.65 bits per heavy atom. The molecular weight excluding hydrogens is 458 g/mol. The van der Waals surface area contributed by atoms with Gasteiger partial charge < -0.3 is 5.32 Å². The lowest BCUT2D eigenvalue weighted by Gasteiger charge is -2.25. The number of carbonyl (C=O) groups excluding carboxylic acids is 2. The van der Waals surface area contributed by atoms with Crippen molar-refractivity contribution < 1.29 is 14.0 Å². The van der Waals surface area contributed by atoms with Gasteiger partial charge in [0.15, 0.2) is 0 Å². The van der Waals surface area contributed by atoms with Gasteiger partial charge in [-0.25, -0.2) is 4.39 Å². The number of carbonyl (C=O) groups is 2. The van der Waals surface area contributed by atoms with E-state index in [0.717, 1.165) is 5.56 Å². The highest BCUT2D eigenvalue weighted by Gasteiger charge is 2.34. The van der Waals surface area contributed by atoms with Crippen molar-refractivity contribution in [2.75, 3.05) is 16.0 Å². The van der Waals surface area contributed by atoms with Crippen LogP contribution in [0.5, 0.6) is 0 Å². The molecule has 0 spiro atoms. The van der Waals surface area contributed by atoms with Crippen molar-refractivity contribution in [2.24, 2.45) is 0 Å². The van der Waals surface area contributed by atoms with Gasteiger partial charge in [0.25, 0.3) is 5.91 Å². The highest BCUT2D eigenvalue weighted by molar-refractivity contribution is 8.00. The molecule has 1 atom stereocenters. The first-order valence-corrected chi connectivity index (χ1v) is 11.2. The second-order valence-corrected chi connectivity index (χ2v) is 8.95. The van der Waals surface area contributed by atoms with E-state index in [4.69, 9.17) is 23.2 Å². The summed E-state index contributed by atoms with van der Waals surface area (Å²) in [6.45, 7) is 1.68. The summed E-state index contributed by atoms with van der Waals surface area (Å²) in [5.41, 5.74) is 2.80. The summed E-state index contributed by atoms with van der Waals surface area (Å²) in [5.74, 6) is -0.490. The van der Waals surface area contributed by atoms with Crippen molar-refractivity contribution in [1.82, 2.24) is 0 Å². The highest BCUT2D eigenvalue weighted by Crippen LogP contribution is 2.42. The SMILES string of the molecule is Cc1ccc(N2C(=O)CS[C@H]2c2cccc(NC(=O)c3ccc(Cl)c(Cl)c3)c2)cc1F. The van der Waals surface area contributed by atoms with Crippen LogP contribution in [-0.4, -0.2) is 17.6 Å². The number of anilines is 2. The number of nitrogens with one attached hydrogen (secondary N) is 1. The molecule has 1 fully saturated rings.